The summed E-state index contributed by atoms with van der Waals surface area (Å²) in [5.74, 6) is 0.201. The van der Waals surface area contributed by atoms with Crippen molar-refractivity contribution < 1.29 is 4.79 Å². The minimum absolute atomic E-state index is 0.0355. The van der Waals surface area contributed by atoms with Crippen molar-refractivity contribution in [3.8, 4) is 0 Å². The van der Waals surface area contributed by atoms with E-state index in [4.69, 9.17) is 11.6 Å². The quantitative estimate of drug-likeness (QED) is 0.568. The fraction of sp³-hybridized carbons (Fsp3) is 0.300. The van der Waals surface area contributed by atoms with E-state index < -0.39 is 0 Å². The van der Waals surface area contributed by atoms with Gasteiger partial charge >= 0.3 is 0 Å². The number of carbonyl (C=O) groups excluding carboxylic acids is 1. The molecule has 0 heterocycles. The average molecular weight is 210 g/mol. The van der Waals surface area contributed by atoms with Crippen LogP contribution >= 0.6 is 11.6 Å². The summed E-state index contributed by atoms with van der Waals surface area (Å²) in [6.45, 7) is 0. The predicted octanol–water partition coefficient (Wildman–Crippen LogP) is 2.95. The third-order valence-corrected chi connectivity index (χ3v) is 2.79. The Kier molecular flexibility index (Phi) is 2.33. The van der Waals surface area contributed by atoms with Crippen LogP contribution in [0.4, 0.5) is 5.69 Å². The molecule has 1 saturated carbocycles. The van der Waals surface area contributed by atoms with Crippen LogP contribution in [0.15, 0.2) is 29.4 Å². The molecule has 14 heavy (non-hydrogen) atoms. The summed E-state index contributed by atoms with van der Waals surface area (Å²) >= 11 is 5.37. The number of halogens is 1. The zero-order chi connectivity index (χ0) is 10.1. The summed E-state index contributed by atoms with van der Waals surface area (Å²) in [6, 6.07) is 6.94. The average Bonchev–Trinajstić information content (AvgIpc) is 2.97. The highest BCUT2D eigenvalue weighted by Crippen LogP contribution is 2.48. The molecule has 0 spiro atoms. The van der Waals surface area contributed by atoms with Gasteiger partial charge in [0.25, 0.3) is 0 Å². The maximum atomic E-state index is 10.8. The molecule has 72 valence electrons. The maximum absolute atomic E-state index is 10.8. The molecule has 0 aromatic heterocycles. The van der Waals surface area contributed by atoms with E-state index in [9.17, 15) is 9.70 Å². The smallest absolute Gasteiger partial charge is 0.225 e. The molecule has 2 unspecified atom stereocenters. The molecule has 0 bridgehead atoms. The van der Waals surface area contributed by atoms with E-state index in [0.29, 0.717) is 5.69 Å². The molecule has 1 fully saturated rings. The van der Waals surface area contributed by atoms with Crippen molar-refractivity contribution in [2.75, 3.05) is 0 Å². The minimum atomic E-state index is -0.271. The number of carbonyl (C=O) groups is 1. The first-order valence-electron chi connectivity index (χ1n) is 4.35. The zero-order valence-corrected chi connectivity index (χ0v) is 8.07. The molecule has 1 aromatic carbocycles. The summed E-state index contributed by atoms with van der Waals surface area (Å²) in [5, 5.41) is 2.53. The molecule has 0 amide bonds. The Morgan fingerprint density at radius 2 is 2.00 bits per heavy atom. The van der Waals surface area contributed by atoms with Crippen LogP contribution in [0.1, 0.15) is 17.9 Å². The lowest BCUT2D eigenvalue weighted by molar-refractivity contribution is -0.112. The Bertz CT molecular complexity index is 374. The SMILES string of the molecule is O=Nc1ccc(C2CC2C(=O)Cl)cc1. The molecule has 0 saturated heterocycles. The number of nitrogens with zero attached hydrogens (tertiary/aromatic N) is 1. The maximum Gasteiger partial charge on any atom is 0.225 e. The highest BCUT2D eigenvalue weighted by Gasteiger charge is 2.42. The Morgan fingerprint density at radius 3 is 2.43 bits per heavy atom. The van der Waals surface area contributed by atoms with E-state index in [1.54, 1.807) is 12.1 Å². The van der Waals surface area contributed by atoms with E-state index in [2.05, 4.69) is 5.18 Å². The van der Waals surface area contributed by atoms with Gasteiger partial charge in [-0.25, -0.2) is 0 Å². The third kappa shape index (κ3) is 1.68. The van der Waals surface area contributed by atoms with Gasteiger partial charge in [0.2, 0.25) is 5.24 Å². The van der Waals surface area contributed by atoms with Crippen LogP contribution in [0.3, 0.4) is 0 Å². The molecule has 3 nitrogen and oxygen atoms in total. The van der Waals surface area contributed by atoms with Crippen LogP contribution in [0.5, 0.6) is 0 Å². The zero-order valence-electron chi connectivity index (χ0n) is 7.31. The molecule has 1 aliphatic rings. The van der Waals surface area contributed by atoms with Crippen LogP contribution in [0.2, 0.25) is 0 Å². The van der Waals surface area contributed by atoms with E-state index in [1.807, 2.05) is 12.1 Å². The van der Waals surface area contributed by atoms with Crippen LogP contribution in [0.25, 0.3) is 0 Å². The van der Waals surface area contributed by atoms with E-state index in [0.717, 1.165) is 12.0 Å². The molecule has 4 heteroatoms. The van der Waals surface area contributed by atoms with Crippen molar-refractivity contribution in [3.05, 3.63) is 34.7 Å². The summed E-state index contributed by atoms with van der Waals surface area (Å²) in [7, 11) is 0. The molecule has 1 aliphatic carbocycles. The number of benzene rings is 1. The second-order valence-corrected chi connectivity index (χ2v) is 3.81. The van der Waals surface area contributed by atoms with E-state index >= 15 is 0 Å². The number of nitroso groups, excluding NO2 is 1. The normalized spacial score (nSPS) is 24.4. The summed E-state index contributed by atoms with van der Waals surface area (Å²) < 4.78 is 0. The Hall–Kier alpha value is -1.22. The predicted molar refractivity (Wildman–Crippen MR) is 53.6 cm³/mol. The van der Waals surface area contributed by atoms with Gasteiger partial charge in [0.15, 0.2) is 0 Å². The Balaban J connectivity index is 2.12. The Labute approximate surface area is 86.0 Å². The molecule has 0 aliphatic heterocycles. The van der Waals surface area contributed by atoms with Gasteiger partial charge in [0.1, 0.15) is 5.69 Å². The van der Waals surface area contributed by atoms with Gasteiger partial charge in [0, 0.05) is 5.92 Å². The summed E-state index contributed by atoms with van der Waals surface area (Å²) in [4.78, 5) is 21.0. The van der Waals surface area contributed by atoms with E-state index in [1.165, 1.54) is 0 Å². The van der Waals surface area contributed by atoms with Crippen LogP contribution < -0.4 is 0 Å². The number of hydrogen-bond donors (Lipinski definition) is 0. The van der Waals surface area contributed by atoms with Crippen LogP contribution in [-0.4, -0.2) is 5.24 Å². The van der Waals surface area contributed by atoms with Gasteiger partial charge in [-0.2, -0.15) is 0 Å². The first kappa shape index (κ1) is 9.34. The molecular formula is C10H8ClNO2. The standard InChI is InChI=1S/C10H8ClNO2/c11-10(13)9-5-8(9)6-1-3-7(12-14)4-2-6/h1-4,8-9H,5H2. The largest absolute Gasteiger partial charge is 0.281 e. The molecular weight excluding hydrogens is 202 g/mol. The number of rotatable bonds is 3. The topological polar surface area (TPSA) is 46.5 Å². The van der Waals surface area contributed by atoms with Crippen molar-refractivity contribution in [2.24, 2.45) is 11.1 Å². The van der Waals surface area contributed by atoms with Gasteiger partial charge < -0.3 is 0 Å². The van der Waals surface area contributed by atoms with Crippen LogP contribution in [0, 0.1) is 10.8 Å². The van der Waals surface area contributed by atoms with Crippen molar-refractivity contribution in [1.82, 2.24) is 0 Å². The number of hydrogen-bond acceptors (Lipinski definition) is 3. The third-order valence-electron chi connectivity index (χ3n) is 2.51. The van der Waals surface area contributed by atoms with Gasteiger partial charge in [0.05, 0.1) is 0 Å². The van der Waals surface area contributed by atoms with Crippen molar-refractivity contribution in [1.29, 1.82) is 0 Å². The summed E-state index contributed by atoms with van der Waals surface area (Å²) in [5.41, 5.74) is 1.46. The lowest BCUT2D eigenvalue weighted by atomic mass is 10.1. The first-order chi connectivity index (χ1) is 6.72. The van der Waals surface area contributed by atoms with Crippen molar-refractivity contribution in [3.63, 3.8) is 0 Å². The monoisotopic (exact) mass is 209 g/mol. The lowest BCUT2D eigenvalue weighted by Crippen LogP contribution is -1.91. The van der Waals surface area contributed by atoms with Gasteiger partial charge in [-0.05, 0) is 46.8 Å². The molecule has 1 aromatic rings. The van der Waals surface area contributed by atoms with E-state index in [-0.39, 0.29) is 17.1 Å². The van der Waals surface area contributed by atoms with Gasteiger partial charge in [-0.1, -0.05) is 12.1 Å². The summed E-state index contributed by atoms with van der Waals surface area (Å²) in [6.07, 6.45) is 0.816. The lowest BCUT2D eigenvalue weighted by Gasteiger charge is -1.97. The second kappa shape index (κ2) is 3.50. The van der Waals surface area contributed by atoms with Gasteiger partial charge in [-0.15, -0.1) is 4.91 Å². The van der Waals surface area contributed by atoms with Crippen molar-refractivity contribution in [2.45, 2.75) is 12.3 Å². The van der Waals surface area contributed by atoms with Crippen molar-refractivity contribution >= 4 is 22.5 Å². The first-order valence-corrected chi connectivity index (χ1v) is 4.73. The Morgan fingerprint density at radius 1 is 1.36 bits per heavy atom. The highest BCUT2D eigenvalue weighted by molar-refractivity contribution is 6.64. The second-order valence-electron chi connectivity index (χ2n) is 3.44. The minimum Gasteiger partial charge on any atom is -0.281 e. The molecule has 2 atom stereocenters. The molecule has 2 rings (SSSR count). The van der Waals surface area contributed by atoms with Crippen LogP contribution in [-0.2, 0) is 4.79 Å². The van der Waals surface area contributed by atoms with Gasteiger partial charge in [-0.3, -0.25) is 4.79 Å². The molecule has 0 radical (unpaired) electrons. The molecule has 0 N–H and O–H groups in total. The highest BCUT2D eigenvalue weighted by atomic mass is 35.5. The fourth-order valence-corrected chi connectivity index (χ4v) is 1.84. The fourth-order valence-electron chi connectivity index (χ4n) is 1.60.